The van der Waals surface area contributed by atoms with Crippen molar-refractivity contribution in [1.82, 2.24) is 15.1 Å². The van der Waals surface area contributed by atoms with Crippen molar-refractivity contribution >= 4 is 23.2 Å². The molecule has 0 bridgehead atoms. The first kappa shape index (κ1) is 23.0. The van der Waals surface area contributed by atoms with Gasteiger partial charge in [0.05, 0.1) is 29.5 Å². The Morgan fingerprint density at radius 1 is 1.15 bits per heavy atom. The molecule has 1 aromatic carbocycles. The third kappa shape index (κ3) is 4.74. The first-order chi connectivity index (χ1) is 16.5. The van der Waals surface area contributed by atoms with Crippen LogP contribution < -0.4 is 10.2 Å². The zero-order valence-corrected chi connectivity index (χ0v) is 19.5. The molecule has 3 saturated heterocycles. The van der Waals surface area contributed by atoms with E-state index in [2.05, 4.69) is 15.1 Å². The highest BCUT2D eigenvalue weighted by molar-refractivity contribution is 5.82. The van der Waals surface area contributed by atoms with Crippen LogP contribution in [0.2, 0.25) is 0 Å². The minimum Gasteiger partial charge on any atom is -0.376 e. The van der Waals surface area contributed by atoms with Crippen molar-refractivity contribution in [3.63, 3.8) is 0 Å². The Balaban J connectivity index is 1.34. The van der Waals surface area contributed by atoms with Crippen LogP contribution in [0.4, 0.5) is 11.4 Å². The molecule has 10 nitrogen and oxygen atoms in total. The molecule has 4 heterocycles. The quantitative estimate of drug-likeness (QED) is 0.490. The first-order valence-electron chi connectivity index (χ1n) is 12.4. The van der Waals surface area contributed by atoms with E-state index >= 15 is 0 Å². The van der Waals surface area contributed by atoms with Crippen LogP contribution in [0.1, 0.15) is 31.2 Å². The van der Waals surface area contributed by atoms with Gasteiger partial charge in [0.15, 0.2) is 0 Å². The number of nitro groups is 1. The maximum Gasteiger partial charge on any atom is 0.269 e. The lowest BCUT2D eigenvalue weighted by atomic mass is 9.83. The highest BCUT2D eigenvalue weighted by atomic mass is 16.6. The summed E-state index contributed by atoms with van der Waals surface area (Å²) in [5.41, 5.74) is 1.85. The molecule has 2 amide bonds. The van der Waals surface area contributed by atoms with E-state index in [1.807, 2.05) is 11.0 Å². The zero-order valence-electron chi connectivity index (χ0n) is 19.5. The van der Waals surface area contributed by atoms with Gasteiger partial charge in [-0.2, -0.15) is 0 Å². The Morgan fingerprint density at radius 2 is 1.97 bits per heavy atom. The number of nitro benzene ring substituents is 1. The molecule has 1 N–H and O–H groups in total. The molecule has 0 spiro atoms. The molecular weight excluding hydrogens is 438 g/mol. The summed E-state index contributed by atoms with van der Waals surface area (Å²) in [6.07, 6.45) is 4.59. The Hall–Kier alpha value is -2.72. The van der Waals surface area contributed by atoms with E-state index in [4.69, 9.17) is 4.74 Å². The van der Waals surface area contributed by atoms with E-state index in [1.165, 1.54) is 6.07 Å². The molecule has 3 unspecified atom stereocenters. The number of non-ortho nitro benzene ring substituents is 1. The number of amides is 2. The number of nitrogens with zero attached hydrogens (tertiary/aromatic N) is 4. The molecule has 3 atom stereocenters. The number of carbonyl (C=O) groups excluding carboxylic acids is 2. The van der Waals surface area contributed by atoms with Gasteiger partial charge in [0, 0.05) is 63.7 Å². The van der Waals surface area contributed by atoms with Crippen molar-refractivity contribution in [2.45, 2.75) is 44.2 Å². The smallest absolute Gasteiger partial charge is 0.269 e. The number of piperazine rings is 1. The molecular formula is C24H33N5O5. The minimum atomic E-state index is -0.388. The highest BCUT2D eigenvalue weighted by Crippen LogP contribution is 2.38. The maximum atomic E-state index is 13.4. The molecule has 184 valence electrons. The molecule has 10 heteroatoms. The van der Waals surface area contributed by atoms with Gasteiger partial charge in [-0.3, -0.25) is 24.6 Å². The van der Waals surface area contributed by atoms with Gasteiger partial charge < -0.3 is 19.9 Å². The summed E-state index contributed by atoms with van der Waals surface area (Å²) in [4.78, 5) is 43.4. The van der Waals surface area contributed by atoms with Crippen LogP contribution >= 0.6 is 0 Å². The maximum absolute atomic E-state index is 13.4. The van der Waals surface area contributed by atoms with Crippen LogP contribution in [0.3, 0.4) is 0 Å². The Morgan fingerprint density at radius 3 is 2.71 bits per heavy atom. The lowest BCUT2D eigenvalue weighted by Crippen LogP contribution is -2.62. The number of carbonyl (C=O) groups is 2. The van der Waals surface area contributed by atoms with E-state index in [9.17, 15) is 19.7 Å². The molecule has 34 heavy (non-hydrogen) atoms. The van der Waals surface area contributed by atoms with E-state index in [0.717, 1.165) is 63.2 Å². The number of nitrogens with one attached hydrogen (secondary N) is 1. The second kappa shape index (κ2) is 9.87. The van der Waals surface area contributed by atoms with E-state index < -0.39 is 0 Å². The molecule has 1 aromatic rings. The number of benzene rings is 1. The van der Waals surface area contributed by atoms with Crippen molar-refractivity contribution in [2.24, 2.45) is 5.92 Å². The molecule has 0 saturated carbocycles. The topological polar surface area (TPSA) is 108 Å². The Labute approximate surface area is 199 Å². The third-order valence-corrected chi connectivity index (χ3v) is 7.67. The lowest BCUT2D eigenvalue weighted by molar-refractivity contribution is -0.384. The number of ether oxygens (including phenoxy) is 1. The summed E-state index contributed by atoms with van der Waals surface area (Å²) in [6.45, 7) is 5.29. The van der Waals surface area contributed by atoms with Gasteiger partial charge in [-0.05, 0) is 43.7 Å². The van der Waals surface area contributed by atoms with Gasteiger partial charge in [-0.1, -0.05) is 0 Å². The zero-order chi connectivity index (χ0) is 23.7. The summed E-state index contributed by atoms with van der Waals surface area (Å²) >= 11 is 0. The Kier molecular flexibility index (Phi) is 6.69. The van der Waals surface area contributed by atoms with Crippen molar-refractivity contribution in [1.29, 1.82) is 0 Å². The fourth-order valence-electron chi connectivity index (χ4n) is 5.83. The predicted octanol–water partition coefficient (Wildman–Crippen LogP) is 1.18. The fraction of sp³-hybridized carbons (Fsp3) is 0.667. The molecule has 0 aliphatic carbocycles. The number of anilines is 1. The van der Waals surface area contributed by atoms with Gasteiger partial charge in [-0.25, -0.2) is 0 Å². The lowest BCUT2D eigenvalue weighted by Gasteiger charge is -2.49. The van der Waals surface area contributed by atoms with Crippen LogP contribution in [0.5, 0.6) is 0 Å². The minimum absolute atomic E-state index is 0.0459. The normalized spacial score (nSPS) is 26.8. The summed E-state index contributed by atoms with van der Waals surface area (Å²) in [6, 6.07) is 4.87. The molecule has 3 fully saturated rings. The number of likely N-dealkylation sites (tertiary alicyclic amines) is 1. The van der Waals surface area contributed by atoms with Crippen LogP contribution in [0.25, 0.3) is 0 Å². The van der Waals surface area contributed by atoms with Crippen molar-refractivity contribution < 1.29 is 19.2 Å². The second-order valence-corrected chi connectivity index (χ2v) is 9.84. The summed E-state index contributed by atoms with van der Waals surface area (Å²) in [5, 5.41) is 14.4. The number of hydrogen-bond acceptors (Lipinski definition) is 7. The van der Waals surface area contributed by atoms with Crippen LogP contribution in [0, 0.1) is 16.0 Å². The van der Waals surface area contributed by atoms with Gasteiger partial charge in [-0.15, -0.1) is 0 Å². The van der Waals surface area contributed by atoms with Gasteiger partial charge in [0.25, 0.3) is 5.69 Å². The second-order valence-electron chi connectivity index (χ2n) is 9.84. The molecule has 4 aliphatic rings. The van der Waals surface area contributed by atoms with Gasteiger partial charge >= 0.3 is 0 Å². The number of fused-ring (bicyclic) bond motifs is 3. The molecule has 4 aliphatic heterocycles. The average molecular weight is 472 g/mol. The molecule has 5 rings (SSSR count). The van der Waals surface area contributed by atoms with Crippen LogP contribution in [-0.4, -0.2) is 91.1 Å². The van der Waals surface area contributed by atoms with Gasteiger partial charge in [0.1, 0.15) is 0 Å². The van der Waals surface area contributed by atoms with E-state index in [0.29, 0.717) is 32.6 Å². The Bertz CT molecular complexity index is 944. The molecule has 0 radical (unpaired) electrons. The summed E-state index contributed by atoms with van der Waals surface area (Å²) in [7, 11) is 0. The predicted molar refractivity (Wildman–Crippen MR) is 126 cm³/mol. The molecule has 0 aromatic heterocycles. The van der Waals surface area contributed by atoms with Crippen molar-refractivity contribution in [3.05, 3.63) is 33.9 Å². The van der Waals surface area contributed by atoms with Crippen molar-refractivity contribution in [3.8, 4) is 0 Å². The first-order valence-corrected chi connectivity index (χ1v) is 12.4. The summed E-state index contributed by atoms with van der Waals surface area (Å²) < 4.78 is 5.65. The SMILES string of the molecule is O=C(NCC1CCCO1)C1Cc2cc([N+](=O)[O-])ccc2N2CCN(CC(=O)N3CCCC3)CC12. The third-order valence-electron chi connectivity index (χ3n) is 7.67. The standard InChI is InChI=1S/C24H33N5O5/c30-23(27-7-1-2-8-27)16-26-9-10-28-21-6-5-18(29(32)33)12-17(21)13-20(22(28)15-26)24(31)25-14-19-4-3-11-34-19/h5-6,12,19-20,22H,1-4,7-11,13-16H2,(H,25,31). The number of hydrogen-bond donors (Lipinski definition) is 1. The van der Waals surface area contributed by atoms with Gasteiger partial charge in [0.2, 0.25) is 11.8 Å². The average Bonchev–Trinajstić information content (AvgIpc) is 3.56. The summed E-state index contributed by atoms with van der Waals surface area (Å²) in [5.74, 6) is -0.229. The van der Waals surface area contributed by atoms with E-state index in [-0.39, 0.29) is 40.5 Å². The fourth-order valence-corrected chi connectivity index (χ4v) is 5.83. The monoisotopic (exact) mass is 471 g/mol. The van der Waals surface area contributed by atoms with Crippen LogP contribution in [0.15, 0.2) is 18.2 Å². The number of rotatable bonds is 6. The van der Waals surface area contributed by atoms with E-state index in [1.54, 1.807) is 6.07 Å². The van der Waals surface area contributed by atoms with Crippen molar-refractivity contribution in [2.75, 3.05) is 57.3 Å². The largest absolute Gasteiger partial charge is 0.376 e. The van der Waals surface area contributed by atoms with Crippen LogP contribution in [-0.2, 0) is 20.7 Å². The highest BCUT2D eigenvalue weighted by Gasteiger charge is 2.42.